The van der Waals surface area contributed by atoms with Crippen LogP contribution in [0.5, 0.6) is 0 Å². The van der Waals surface area contributed by atoms with Crippen molar-refractivity contribution in [3.63, 3.8) is 0 Å². The van der Waals surface area contributed by atoms with Gasteiger partial charge in [-0.3, -0.25) is 0 Å². The standard InChI is InChI=1S/C13H23N3OS/c1-3-11(14-4-2)13-16-15-12(17-13)9-10-5-7-18-8-6-10/h10-11,14H,3-9H2,1-2H3. The molecule has 0 amide bonds. The Balaban J connectivity index is 1.92. The average molecular weight is 269 g/mol. The van der Waals surface area contributed by atoms with Gasteiger partial charge in [-0.2, -0.15) is 11.8 Å². The van der Waals surface area contributed by atoms with Gasteiger partial charge in [0.15, 0.2) is 0 Å². The van der Waals surface area contributed by atoms with Gasteiger partial charge < -0.3 is 9.73 Å². The molecule has 2 heterocycles. The smallest absolute Gasteiger partial charge is 0.233 e. The molecule has 5 heteroatoms. The molecule has 1 aliphatic heterocycles. The molecule has 0 radical (unpaired) electrons. The molecule has 1 aromatic rings. The molecular formula is C13H23N3OS. The lowest BCUT2D eigenvalue weighted by Gasteiger charge is -2.19. The molecule has 0 bridgehead atoms. The molecule has 1 aliphatic rings. The maximum atomic E-state index is 5.80. The van der Waals surface area contributed by atoms with Crippen LogP contribution in [-0.2, 0) is 6.42 Å². The van der Waals surface area contributed by atoms with E-state index in [0.29, 0.717) is 0 Å². The molecule has 18 heavy (non-hydrogen) atoms. The van der Waals surface area contributed by atoms with Crippen molar-refractivity contribution < 1.29 is 4.42 Å². The second-order valence-electron chi connectivity index (χ2n) is 4.81. The summed E-state index contributed by atoms with van der Waals surface area (Å²) in [7, 11) is 0. The van der Waals surface area contributed by atoms with Crippen molar-refractivity contribution in [3.05, 3.63) is 11.8 Å². The first-order valence-electron chi connectivity index (χ1n) is 6.96. The minimum atomic E-state index is 0.207. The van der Waals surface area contributed by atoms with Crippen LogP contribution < -0.4 is 5.32 Å². The van der Waals surface area contributed by atoms with Gasteiger partial charge in [-0.15, -0.1) is 10.2 Å². The van der Waals surface area contributed by atoms with Crippen molar-refractivity contribution in [1.29, 1.82) is 0 Å². The molecule has 1 atom stereocenters. The zero-order valence-electron chi connectivity index (χ0n) is 11.3. The highest BCUT2D eigenvalue weighted by atomic mass is 32.2. The van der Waals surface area contributed by atoms with E-state index < -0.39 is 0 Å². The van der Waals surface area contributed by atoms with E-state index in [0.717, 1.165) is 37.1 Å². The van der Waals surface area contributed by atoms with Crippen LogP contribution in [0.3, 0.4) is 0 Å². The van der Waals surface area contributed by atoms with Crippen LogP contribution in [-0.4, -0.2) is 28.2 Å². The molecule has 0 aromatic carbocycles. The molecule has 1 aromatic heterocycles. The largest absolute Gasteiger partial charge is 0.424 e. The summed E-state index contributed by atoms with van der Waals surface area (Å²) < 4.78 is 5.80. The van der Waals surface area contributed by atoms with E-state index in [-0.39, 0.29) is 6.04 Å². The molecule has 1 unspecified atom stereocenters. The zero-order valence-corrected chi connectivity index (χ0v) is 12.1. The van der Waals surface area contributed by atoms with E-state index in [1.54, 1.807) is 0 Å². The monoisotopic (exact) mass is 269 g/mol. The van der Waals surface area contributed by atoms with E-state index in [4.69, 9.17) is 4.42 Å². The Kier molecular flexibility index (Phi) is 5.50. The number of rotatable bonds is 6. The van der Waals surface area contributed by atoms with Gasteiger partial charge in [0.2, 0.25) is 11.8 Å². The third-order valence-corrected chi connectivity index (χ3v) is 4.49. The summed E-state index contributed by atoms with van der Waals surface area (Å²) in [6, 6.07) is 0.207. The Morgan fingerprint density at radius 2 is 2.11 bits per heavy atom. The zero-order chi connectivity index (χ0) is 12.8. The van der Waals surface area contributed by atoms with Crippen molar-refractivity contribution in [3.8, 4) is 0 Å². The van der Waals surface area contributed by atoms with Gasteiger partial charge in [-0.25, -0.2) is 0 Å². The predicted molar refractivity (Wildman–Crippen MR) is 74.8 cm³/mol. The van der Waals surface area contributed by atoms with Gasteiger partial charge >= 0.3 is 0 Å². The van der Waals surface area contributed by atoms with Gasteiger partial charge in [-0.1, -0.05) is 13.8 Å². The number of hydrogen-bond acceptors (Lipinski definition) is 5. The number of thioether (sulfide) groups is 1. The minimum absolute atomic E-state index is 0.207. The van der Waals surface area contributed by atoms with Crippen LogP contribution in [0.4, 0.5) is 0 Å². The fraction of sp³-hybridized carbons (Fsp3) is 0.846. The first-order valence-corrected chi connectivity index (χ1v) is 8.12. The Morgan fingerprint density at radius 3 is 2.78 bits per heavy atom. The van der Waals surface area contributed by atoms with Gasteiger partial charge in [0.25, 0.3) is 0 Å². The Labute approximate surface area is 113 Å². The average Bonchev–Trinajstić information content (AvgIpc) is 2.85. The highest BCUT2D eigenvalue weighted by Gasteiger charge is 2.20. The number of nitrogens with one attached hydrogen (secondary N) is 1. The van der Waals surface area contributed by atoms with Crippen LogP contribution in [0.15, 0.2) is 4.42 Å². The molecule has 0 aliphatic carbocycles. The van der Waals surface area contributed by atoms with E-state index >= 15 is 0 Å². The summed E-state index contributed by atoms with van der Waals surface area (Å²) >= 11 is 2.05. The van der Waals surface area contributed by atoms with Crippen molar-refractivity contribution in [2.24, 2.45) is 5.92 Å². The normalized spacial score (nSPS) is 19.0. The number of hydrogen-bond donors (Lipinski definition) is 1. The van der Waals surface area contributed by atoms with Crippen LogP contribution in [0, 0.1) is 5.92 Å². The van der Waals surface area contributed by atoms with E-state index in [9.17, 15) is 0 Å². The molecular weight excluding hydrogens is 246 g/mol. The summed E-state index contributed by atoms with van der Waals surface area (Å²) in [5.74, 6) is 4.86. The quantitative estimate of drug-likeness (QED) is 0.860. The fourth-order valence-corrected chi connectivity index (χ4v) is 3.54. The van der Waals surface area contributed by atoms with Crippen molar-refractivity contribution >= 4 is 11.8 Å². The van der Waals surface area contributed by atoms with Crippen molar-refractivity contribution in [2.45, 2.75) is 45.6 Å². The second-order valence-corrected chi connectivity index (χ2v) is 6.04. The summed E-state index contributed by atoms with van der Waals surface area (Å²) in [5.41, 5.74) is 0. The van der Waals surface area contributed by atoms with Crippen LogP contribution in [0.25, 0.3) is 0 Å². The predicted octanol–water partition coefficient (Wildman–Crippen LogP) is 2.82. The summed E-state index contributed by atoms with van der Waals surface area (Å²) in [4.78, 5) is 0. The summed E-state index contributed by atoms with van der Waals surface area (Å²) in [5, 5.41) is 11.8. The van der Waals surface area contributed by atoms with Gasteiger partial charge in [0.05, 0.1) is 6.04 Å². The highest BCUT2D eigenvalue weighted by Crippen LogP contribution is 2.26. The van der Waals surface area contributed by atoms with Crippen LogP contribution in [0.2, 0.25) is 0 Å². The molecule has 0 spiro atoms. The lowest BCUT2D eigenvalue weighted by atomic mass is 9.99. The second kappa shape index (κ2) is 7.14. The van der Waals surface area contributed by atoms with Crippen LogP contribution >= 0.6 is 11.8 Å². The van der Waals surface area contributed by atoms with Gasteiger partial charge in [-0.05, 0) is 43.2 Å². The molecule has 102 valence electrons. The Hall–Kier alpha value is -0.550. The first kappa shape index (κ1) is 13.9. The van der Waals surface area contributed by atoms with Crippen molar-refractivity contribution in [1.82, 2.24) is 15.5 Å². The molecule has 2 rings (SSSR count). The highest BCUT2D eigenvalue weighted by molar-refractivity contribution is 7.99. The SMILES string of the molecule is CCNC(CC)c1nnc(CC2CCSCC2)o1. The van der Waals surface area contributed by atoms with Gasteiger partial charge in [0, 0.05) is 6.42 Å². The lowest BCUT2D eigenvalue weighted by molar-refractivity contribution is 0.354. The summed E-state index contributed by atoms with van der Waals surface area (Å²) in [6.45, 7) is 5.16. The maximum Gasteiger partial charge on any atom is 0.233 e. The number of nitrogens with zero attached hydrogens (tertiary/aromatic N) is 2. The third-order valence-electron chi connectivity index (χ3n) is 3.44. The topological polar surface area (TPSA) is 51.0 Å². The van der Waals surface area contributed by atoms with E-state index in [2.05, 4.69) is 41.1 Å². The maximum absolute atomic E-state index is 5.80. The molecule has 1 fully saturated rings. The number of aromatic nitrogens is 2. The third kappa shape index (κ3) is 3.72. The van der Waals surface area contributed by atoms with E-state index in [1.807, 2.05) is 0 Å². The Bertz CT molecular complexity index is 350. The molecule has 0 saturated carbocycles. The van der Waals surface area contributed by atoms with Crippen molar-refractivity contribution in [2.75, 3.05) is 18.1 Å². The fourth-order valence-electron chi connectivity index (χ4n) is 2.34. The van der Waals surface area contributed by atoms with Gasteiger partial charge in [0.1, 0.15) is 0 Å². The van der Waals surface area contributed by atoms with Crippen LogP contribution in [0.1, 0.15) is 50.9 Å². The van der Waals surface area contributed by atoms with E-state index in [1.165, 1.54) is 24.3 Å². The minimum Gasteiger partial charge on any atom is -0.424 e. The molecule has 1 N–H and O–H groups in total. The molecule has 4 nitrogen and oxygen atoms in total. The summed E-state index contributed by atoms with van der Waals surface area (Å²) in [6.07, 6.45) is 4.51. The molecule has 1 saturated heterocycles. The lowest BCUT2D eigenvalue weighted by Crippen LogP contribution is -2.20. The Morgan fingerprint density at radius 1 is 1.33 bits per heavy atom. The first-order chi connectivity index (χ1) is 8.83.